The molecule has 0 aliphatic carbocycles. The molecule has 0 aromatic carbocycles. The van der Waals surface area contributed by atoms with Crippen LogP contribution in [0.1, 0.15) is 13.8 Å². The second kappa shape index (κ2) is 7.08. The smallest absolute Gasteiger partial charge is 0.471 e. The predicted octanol–water partition coefficient (Wildman–Crippen LogP) is -0.318. The van der Waals surface area contributed by atoms with Crippen LogP contribution in [0.25, 0.3) is 0 Å². The Hall–Kier alpha value is -2.40. The summed E-state index contributed by atoms with van der Waals surface area (Å²) in [6.07, 6.45) is 2.45. The lowest BCUT2D eigenvalue weighted by Gasteiger charge is -2.39. The van der Waals surface area contributed by atoms with Crippen molar-refractivity contribution in [2.75, 3.05) is 6.73 Å². The van der Waals surface area contributed by atoms with Crippen molar-refractivity contribution < 1.29 is 32.8 Å². The lowest BCUT2D eigenvalue weighted by atomic mass is 10.1. The number of hydrogen-bond donors (Lipinski definition) is 6. The molecular weight excluding hydrogens is 372 g/mol. The van der Waals surface area contributed by atoms with Crippen molar-refractivity contribution in [3.05, 3.63) is 35.8 Å². The normalized spacial score (nSPS) is 22.1. The third-order valence-corrected chi connectivity index (χ3v) is 3.93. The van der Waals surface area contributed by atoms with Crippen LogP contribution in [0.4, 0.5) is 4.39 Å². The third kappa shape index (κ3) is 4.41. The first kappa shape index (κ1) is 19.9. The van der Waals surface area contributed by atoms with Gasteiger partial charge in [0, 0.05) is 6.20 Å². The molecule has 0 bridgehead atoms. The molecule has 1 unspecified atom stereocenters. The van der Waals surface area contributed by atoms with Gasteiger partial charge in [-0.15, -0.1) is 0 Å². The molecule has 0 saturated carbocycles. The summed E-state index contributed by atoms with van der Waals surface area (Å²) >= 11 is 0. The number of rotatable bonds is 5. The Kier molecular flexibility index (Phi) is 5.42. The Morgan fingerprint density at radius 2 is 2.27 bits per heavy atom. The predicted molar refractivity (Wildman–Crippen MR) is 87.3 cm³/mol. The van der Waals surface area contributed by atoms with Crippen molar-refractivity contribution in [1.82, 2.24) is 15.5 Å². The second-order valence-corrected chi connectivity index (χ2v) is 7.08. The molecule has 2 heterocycles. The number of nitrogens with two attached hydrogens (primary N) is 1. The Morgan fingerprint density at radius 3 is 2.85 bits per heavy atom. The maximum Gasteiger partial charge on any atom is 0.471 e. The summed E-state index contributed by atoms with van der Waals surface area (Å²) in [6.45, 7) is 2.32. The van der Waals surface area contributed by atoms with Crippen LogP contribution in [-0.4, -0.2) is 44.9 Å². The van der Waals surface area contributed by atoms with E-state index in [1.54, 1.807) is 13.8 Å². The SMILES string of the molecule is CC1(C)OC2=C(NC1=O)NC(N(COP(=O)(O)O)C(=N)/C(F)=C\N)C=C2. The molecule has 0 spiro atoms. The van der Waals surface area contributed by atoms with Crippen LogP contribution in [0.2, 0.25) is 0 Å². The number of carbonyl (C=O) groups excluding carboxylic acids is 1. The molecule has 0 saturated heterocycles. The Bertz CT molecular complexity index is 758. The largest absolute Gasteiger partial charge is 0.474 e. The van der Waals surface area contributed by atoms with Crippen molar-refractivity contribution in [1.29, 1.82) is 5.41 Å². The molecule has 1 amide bonds. The van der Waals surface area contributed by atoms with E-state index in [9.17, 15) is 13.8 Å². The number of phosphoric acid groups is 1. The van der Waals surface area contributed by atoms with Crippen LogP contribution in [0, 0.1) is 5.41 Å². The summed E-state index contributed by atoms with van der Waals surface area (Å²) in [7, 11) is -4.87. The van der Waals surface area contributed by atoms with E-state index in [4.69, 9.17) is 25.7 Å². The van der Waals surface area contributed by atoms with Gasteiger partial charge in [0.05, 0.1) is 0 Å². The third-order valence-electron chi connectivity index (χ3n) is 3.48. The Morgan fingerprint density at radius 1 is 1.62 bits per heavy atom. The number of halogens is 1. The maximum atomic E-state index is 13.7. The van der Waals surface area contributed by atoms with Crippen LogP contribution >= 0.6 is 7.82 Å². The number of allylic oxidation sites excluding steroid dienone is 1. The van der Waals surface area contributed by atoms with E-state index in [0.29, 0.717) is 12.0 Å². The standard InChI is InChI=1S/C13H19FN5O6P/c1-13(2)12(20)18-11-8(25-13)3-4-9(17-11)19(6-24-26(21,22)23)10(16)7(14)5-15/h3-5,9,16-17H,6,15H2,1-2H3,(H,18,20)(H2,21,22,23)/b7-5+,16-10?. The molecule has 11 nitrogen and oxygen atoms in total. The summed E-state index contributed by atoms with van der Waals surface area (Å²) < 4.78 is 34.6. The average Bonchev–Trinajstić information content (AvgIpc) is 2.54. The van der Waals surface area contributed by atoms with Gasteiger partial charge in [-0.25, -0.2) is 8.96 Å². The molecule has 0 fully saturated rings. The fourth-order valence-corrected chi connectivity index (χ4v) is 2.39. The summed E-state index contributed by atoms with van der Waals surface area (Å²) in [5.74, 6) is -1.88. The van der Waals surface area contributed by atoms with Crippen LogP contribution in [0.5, 0.6) is 0 Å². The van der Waals surface area contributed by atoms with Crippen molar-refractivity contribution in [2.45, 2.75) is 25.6 Å². The van der Waals surface area contributed by atoms with E-state index in [1.807, 2.05) is 0 Å². The molecule has 2 rings (SSSR count). The average molecular weight is 391 g/mol. The topological polar surface area (TPSA) is 170 Å². The number of amides is 1. The van der Waals surface area contributed by atoms with Crippen molar-refractivity contribution in [3.63, 3.8) is 0 Å². The lowest BCUT2D eigenvalue weighted by molar-refractivity contribution is -0.140. The van der Waals surface area contributed by atoms with Gasteiger partial charge in [0.15, 0.2) is 28.8 Å². The van der Waals surface area contributed by atoms with Crippen molar-refractivity contribution in [3.8, 4) is 0 Å². The second-order valence-electron chi connectivity index (χ2n) is 5.84. The van der Waals surface area contributed by atoms with Gasteiger partial charge in [-0.3, -0.25) is 14.7 Å². The molecule has 144 valence electrons. The van der Waals surface area contributed by atoms with Gasteiger partial charge in [-0.1, -0.05) is 0 Å². The summed E-state index contributed by atoms with van der Waals surface area (Å²) in [5.41, 5.74) is 3.96. The number of carbonyl (C=O) groups is 1. The van der Waals surface area contributed by atoms with Gasteiger partial charge in [0.2, 0.25) is 0 Å². The van der Waals surface area contributed by atoms with Crippen LogP contribution in [0.3, 0.4) is 0 Å². The molecule has 0 radical (unpaired) electrons. The van der Waals surface area contributed by atoms with E-state index in [0.717, 1.165) is 4.90 Å². The number of phosphoric ester groups is 1. The summed E-state index contributed by atoms with van der Waals surface area (Å²) in [4.78, 5) is 30.6. The molecule has 2 aliphatic heterocycles. The van der Waals surface area contributed by atoms with Crippen molar-refractivity contribution >= 4 is 19.6 Å². The van der Waals surface area contributed by atoms with Gasteiger partial charge in [0.1, 0.15) is 12.9 Å². The number of nitrogens with one attached hydrogen (secondary N) is 3. The van der Waals surface area contributed by atoms with E-state index in [1.165, 1.54) is 12.2 Å². The number of ether oxygens (including phenoxy) is 1. The minimum Gasteiger partial charge on any atom is -0.474 e. The molecular formula is C13H19FN5O6P. The minimum atomic E-state index is -4.87. The molecule has 13 heteroatoms. The van der Waals surface area contributed by atoms with Crippen LogP contribution in [0.15, 0.2) is 35.8 Å². The molecule has 7 N–H and O–H groups in total. The Balaban J connectivity index is 2.24. The highest BCUT2D eigenvalue weighted by atomic mass is 31.2. The zero-order valence-corrected chi connectivity index (χ0v) is 14.8. The first-order valence-corrected chi connectivity index (χ1v) is 8.80. The van der Waals surface area contributed by atoms with Gasteiger partial charge in [-0.2, -0.15) is 0 Å². The van der Waals surface area contributed by atoms with E-state index < -0.39 is 43.9 Å². The summed E-state index contributed by atoms with van der Waals surface area (Å²) in [6, 6.07) is 0. The first-order chi connectivity index (χ1) is 11.9. The van der Waals surface area contributed by atoms with E-state index in [-0.39, 0.29) is 5.82 Å². The maximum absolute atomic E-state index is 13.7. The fraction of sp³-hybridized carbons (Fsp3) is 0.385. The number of nitrogens with zero attached hydrogens (tertiary/aromatic N) is 1. The molecule has 26 heavy (non-hydrogen) atoms. The van der Waals surface area contributed by atoms with Gasteiger partial charge >= 0.3 is 7.82 Å². The zero-order chi connectivity index (χ0) is 19.7. The molecule has 2 aliphatic rings. The highest BCUT2D eigenvalue weighted by Crippen LogP contribution is 2.36. The van der Waals surface area contributed by atoms with Gasteiger partial charge in [-0.05, 0) is 26.0 Å². The minimum absolute atomic E-state index is 0.160. The molecule has 1 atom stereocenters. The lowest BCUT2D eigenvalue weighted by Crippen LogP contribution is -2.56. The number of amidine groups is 1. The van der Waals surface area contributed by atoms with Crippen LogP contribution < -0.4 is 16.4 Å². The zero-order valence-electron chi connectivity index (χ0n) is 13.9. The Labute approximate surface area is 148 Å². The van der Waals surface area contributed by atoms with Crippen LogP contribution in [-0.2, 0) is 18.6 Å². The monoisotopic (exact) mass is 391 g/mol. The van der Waals surface area contributed by atoms with Gasteiger partial charge < -0.3 is 35.8 Å². The number of hydrogen-bond acceptors (Lipinski definition) is 7. The first-order valence-electron chi connectivity index (χ1n) is 7.27. The molecule has 0 aromatic rings. The molecule has 0 aromatic heterocycles. The fourth-order valence-electron chi connectivity index (χ4n) is 2.12. The highest BCUT2D eigenvalue weighted by Gasteiger charge is 2.38. The van der Waals surface area contributed by atoms with E-state index >= 15 is 0 Å². The van der Waals surface area contributed by atoms with Crippen molar-refractivity contribution in [2.24, 2.45) is 5.73 Å². The quantitative estimate of drug-likeness (QED) is 0.159. The summed E-state index contributed by atoms with van der Waals surface area (Å²) in [5, 5.41) is 13.1. The van der Waals surface area contributed by atoms with E-state index in [2.05, 4.69) is 15.2 Å². The highest BCUT2D eigenvalue weighted by molar-refractivity contribution is 7.46. The van der Waals surface area contributed by atoms with Gasteiger partial charge in [0.25, 0.3) is 5.91 Å². The number of dihydropyridines is 1.